The molecular weight excluding hydrogens is 912 g/mol. The standard InChI is InChI=1S/C23H25N7O2S.C13H14ClN3O2S.C10H12N4/c1-16-17(2)28-30(22-10-5-6-12-25-22)23(16)27-20-11-13-24-21(26-20)15-18-8-7-9-19(14-18)33(31,32)29(3)4;1-17(2)20(18,19)11-5-3-4-10(8-11)9-13-15-7-6-12(14)16-13;1-7-8(2)13-14(10(7)11)9-5-3-4-6-12-9/h5-14H,15H2,1-4H3,(H,24,26,27);3-8H,9H2,1-2H3;3-6H,11H2,1-2H3. The Kier molecular flexibility index (Phi) is 15.9. The van der Waals surface area contributed by atoms with Crippen LogP contribution in [0.15, 0.2) is 132 Å². The highest BCUT2D eigenvalue weighted by molar-refractivity contribution is 7.89. The second-order valence-corrected chi connectivity index (χ2v) is 20.0. The Morgan fingerprint density at radius 1 is 0.582 bits per heavy atom. The maximum atomic E-state index is 12.4. The number of pyridine rings is 2. The van der Waals surface area contributed by atoms with Crippen molar-refractivity contribution >= 4 is 49.1 Å². The molecule has 8 aromatic rings. The molecule has 0 amide bonds. The van der Waals surface area contributed by atoms with E-state index in [-0.39, 0.29) is 9.79 Å². The van der Waals surface area contributed by atoms with Crippen LogP contribution in [0.3, 0.4) is 0 Å². The maximum absolute atomic E-state index is 12.4. The molecule has 0 aliphatic rings. The fourth-order valence-electron chi connectivity index (χ4n) is 6.23. The van der Waals surface area contributed by atoms with Gasteiger partial charge < -0.3 is 11.1 Å². The van der Waals surface area contributed by atoms with Crippen LogP contribution in [0.5, 0.6) is 0 Å². The highest BCUT2D eigenvalue weighted by atomic mass is 35.5. The molecule has 67 heavy (non-hydrogen) atoms. The average Bonchev–Trinajstić information content (AvgIpc) is 3.74. The van der Waals surface area contributed by atoms with Gasteiger partial charge in [-0.2, -0.15) is 19.6 Å². The number of aryl methyl sites for hydroxylation is 2. The molecule has 0 bridgehead atoms. The highest BCUT2D eigenvalue weighted by Crippen LogP contribution is 2.26. The Hall–Kier alpha value is -6.97. The monoisotopic (exact) mass is 962 g/mol. The molecule has 0 aliphatic carbocycles. The largest absolute Gasteiger partial charge is 0.383 e. The van der Waals surface area contributed by atoms with Crippen LogP contribution in [-0.2, 0) is 32.9 Å². The maximum Gasteiger partial charge on any atom is 0.242 e. The van der Waals surface area contributed by atoms with E-state index in [2.05, 4.69) is 45.4 Å². The third-order valence-electron chi connectivity index (χ3n) is 10.2. The van der Waals surface area contributed by atoms with Gasteiger partial charge in [0.1, 0.15) is 34.3 Å². The van der Waals surface area contributed by atoms with Crippen LogP contribution >= 0.6 is 11.6 Å². The van der Waals surface area contributed by atoms with Crippen LogP contribution in [0, 0.1) is 27.7 Å². The van der Waals surface area contributed by atoms with E-state index in [1.165, 1.54) is 36.8 Å². The zero-order valence-corrected chi connectivity index (χ0v) is 40.6. The van der Waals surface area contributed by atoms with Crippen molar-refractivity contribution in [2.24, 2.45) is 0 Å². The Morgan fingerprint density at radius 2 is 1.07 bits per heavy atom. The van der Waals surface area contributed by atoms with Gasteiger partial charge in [-0.3, -0.25) is 0 Å². The molecule has 348 valence electrons. The molecule has 21 heteroatoms. The SMILES string of the molecule is CN(C)S(=O)(=O)c1cccc(Cc2nccc(Cl)n2)c1.Cc1nn(-c2ccccn2)c(N)c1C.Cc1nn(-c2ccccn2)c(Nc2ccnc(Cc3cccc(S(=O)(=O)N(C)C)c3)n2)c1C. The summed E-state index contributed by atoms with van der Waals surface area (Å²) >= 11 is 5.80. The van der Waals surface area contributed by atoms with Crippen molar-refractivity contribution in [3.05, 3.63) is 172 Å². The summed E-state index contributed by atoms with van der Waals surface area (Å²) in [7, 11) is -0.912. The zero-order valence-electron chi connectivity index (χ0n) is 38.2. The highest BCUT2D eigenvalue weighted by Gasteiger charge is 2.20. The lowest BCUT2D eigenvalue weighted by Crippen LogP contribution is -2.22. The number of hydrogen-bond donors (Lipinski definition) is 2. The normalized spacial score (nSPS) is 11.4. The topological polar surface area (TPSA) is 226 Å². The fourth-order valence-corrected chi connectivity index (χ4v) is 8.33. The van der Waals surface area contributed by atoms with Gasteiger partial charge >= 0.3 is 0 Å². The number of sulfonamides is 2. The van der Waals surface area contributed by atoms with Crippen LogP contribution < -0.4 is 11.1 Å². The fraction of sp³-hybridized carbons (Fsp3) is 0.217. The van der Waals surface area contributed by atoms with Gasteiger partial charge in [0.05, 0.1) is 21.2 Å². The molecule has 3 N–H and O–H groups in total. The van der Waals surface area contributed by atoms with Crippen molar-refractivity contribution in [2.45, 2.75) is 50.3 Å². The number of anilines is 3. The number of rotatable bonds is 12. The number of aromatic nitrogens is 10. The number of nitrogens with one attached hydrogen (secondary N) is 1. The van der Waals surface area contributed by atoms with Crippen molar-refractivity contribution in [1.82, 2.24) is 58.1 Å². The van der Waals surface area contributed by atoms with Gasteiger partial charge in [0.15, 0.2) is 11.6 Å². The number of hydrogen-bond acceptors (Lipinski definition) is 14. The smallest absolute Gasteiger partial charge is 0.242 e. The minimum atomic E-state index is -3.51. The predicted octanol–water partition coefficient (Wildman–Crippen LogP) is 6.70. The molecule has 8 rings (SSSR count). The lowest BCUT2D eigenvalue weighted by Gasteiger charge is -2.12. The van der Waals surface area contributed by atoms with Gasteiger partial charge in [-0.1, -0.05) is 48.0 Å². The lowest BCUT2D eigenvalue weighted by atomic mass is 10.1. The first kappa shape index (κ1) is 49.5. The van der Waals surface area contributed by atoms with E-state index in [4.69, 9.17) is 17.3 Å². The average molecular weight is 964 g/mol. The van der Waals surface area contributed by atoms with Crippen molar-refractivity contribution in [1.29, 1.82) is 0 Å². The van der Waals surface area contributed by atoms with E-state index in [9.17, 15) is 16.8 Å². The lowest BCUT2D eigenvalue weighted by molar-refractivity contribution is 0.519. The van der Waals surface area contributed by atoms with Crippen molar-refractivity contribution < 1.29 is 16.8 Å². The van der Waals surface area contributed by atoms with E-state index in [1.54, 1.807) is 82.7 Å². The van der Waals surface area contributed by atoms with Gasteiger partial charge in [-0.15, -0.1) is 0 Å². The first-order valence-electron chi connectivity index (χ1n) is 20.6. The Balaban J connectivity index is 0.000000184. The Morgan fingerprint density at radius 3 is 1.55 bits per heavy atom. The first-order chi connectivity index (χ1) is 31.8. The quantitative estimate of drug-likeness (QED) is 0.122. The second-order valence-electron chi connectivity index (χ2n) is 15.4. The Bertz CT molecular complexity index is 3190. The summed E-state index contributed by atoms with van der Waals surface area (Å²) in [6, 6.07) is 28.2. The van der Waals surface area contributed by atoms with E-state index >= 15 is 0 Å². The molecule has 6 aromatic heterocycles. The van der Waals surface area contributed by atoms with Gasteiger partial charge in [-0.05, 0) is 99.5 Å². The van der Waals surface area contributed by atoms with E-state index < -0.39 is 20.0 Å². The molecular formula is C46H51ClN14O4S2. The van der Waals surface area contributed by atoms with Crippen LogP contribution in [0.4, 0.5) is 17.5 Å². The summed E-state index contributed by atoms with van der Waals surface area (Å²) in [5, 5.41) is 12.6. The van der Waals surface area contributed by atoms with Crippen LogP contribution in [0.1, 0.15) is 45.3 Å². The molecule has 0 saturated heterocycles. The molecule has 0 unspecified atom stereocenters. The van der Waals surface area contributed by atoms with Crippen LogP contribution in [0.2, 0.25) is 5.15 Å². The third-order valence-corrected chi connectivity index (χ3v) is 14.0. The summed E-state index contributed by atoms with van der Waals surface area (Å²) in [6.45, 7) is 7.82. The van der Waals surface area contributed by atoms with E-state index in [0.717, 1.165) is 45.3 Å². The van der Waals surface area contributed by atoms with Gasteiger partial charge in [0.2, 0.25) is 20.0 Å². The van der Waals surface area contributed by atoms with Gasteiger partial charge in [-0.25, -0.2) is 55.3 Å². The predicted molar refractivity (Wildman–Crippen MR) is 259 cm³/mol. The minimum Gasteiger partial charge on any atom is -0.383 e. The Labute approximate surface area is 395 Å². The molecule has 0 saturated carbocycles. The number of halogens is 1. The molecule has 0 spiro atoms. The van der Waals surface area contributed by atoms with Crippen LogP contribution in [0.25, 0.3) is 11.6 Å². The molecule has 18 nitrogen and oxygen atoms in total. The number of nitrogens with two attached hydrogens (primary N) is 1. The van der Waals surface area contributed by atoms with Crippen molar-refractivity contribution in [2.75, 3.05) is 39.2 Å². The molecule has 0 fully saturated rings. The summed E-state index contributed by atoms with van der Waals surface area (Å²) in [4.78, 5) is 26.3. The summed E-state index contributed by atoms with van der Waals surface area (Å²) in [5.41, 5.74) is 11.3. The first-order valence-corrected chi connectivity index (χ1v) is 23.9. The van der Waals surface area contributed by atoms with E-state index in [0.29, 0.717) is 47.1 Å². The summed E-state index contributed by atoms with van der Waals surface area (Å²) in [6.07, 6.45) is 7.51. The van der Waals surface area contributed by atoms with Crippen molar-refractivity contribution in [3.63, 3.8) is 0 Å². The summed E-state index contributed by atoms with van der Waals surface area (Å²) < 4.78 is 54.8. The molecule has 0 aliphatic heterocycles. The van der Waals surface area contributed by atoms with Gasteiger partial charge in [0.25, 0.3) is 0 Å². The number of benzene rings is 2. The van der Waals surface area contributed by atoms with E-state index in [1.807, 2.05) is 76.2 Å². The zero-order chi connectivity index (χ0) is 48.5. The van der Waals surface area contributed by atoms with Gasteiger partial charge in [0, 0.05) is 76.9 Å². The number of nitrogens with zero attached hydrogens (tertiary/aromatic N) is 12. The third kappa shape index (κ3) is 12.3. The molecule has 6 heterocycles. The number of nitrogen functional groups attached to an aromatic ring is 1. The van der Waals surface area contributed by atoms with Crippen LogP contribution in [-0.4, -0.2) is 103 Å². The summed E-state index contributed by atoms with van der Waals surface area (Å²) in [5.74, 6) is 4.61. The second kappa shape index (κ2) is 21.6. The molecule has 0 radical (unpaired) electrons. The molecule has 2 aromatic carbocycles. The minimum absolute atomic E-state index is 0.240. The van der Waals surface area contributed by atoms with Crippen molar-refractivity contribution in [3.8, 4) is 11.6 Å². The molecule has 0 atom stereocenters.